The fourth-order valence-corrected chi connectivity index (χ4v) is 2.33. The number of phenolic OH excluding ortho intramolecular Hbond substituents is 1. The summed E-state index contributed by atoms with van der Waals surface area (Å²) >= 11 is 5.07. The molecule has 1 amide bonds. The SMILES string of the molecule is CCC(CC)(NC(=O)c1cccc(O)c1C)C(N)=S. The zero-order valence-electron chi connectivity index (χ0n) is 11.5. The van der Waals surface area contributed by atoms with Crippen LogP contribution in [0.15, 0.2) is 18.2 Å². The number of rotatable bonds is 5. The molecule has 0 radical (unpaired) electrons. The van der Waals surface area contributed by atoms with Crippen LogP contribution in [-0.2, 0) is 0 Å². The summed E-state index contributed by atoms with van der Waals surface area (Å²) in [5, 5.41) is 12.5. The van der Waals surface area contributed by atoms with Crippen LogP contribution in [0.3, 0.4) is 0 Å². The van der Waals surface area contributed by atoms with E-state index >= 15 is 0 Å². The maximum atomic E-state index is 12.3. The summed E-state index contributed by atoms with van der Waals surface area (Å²) in [6, 6.07) is 4.85. The molecular formula is C14H20N2O2S. The van der Waals surface area contributed by atoms with Crippen molar-refractivity contribution in [3.63, 3.8) is 0 Å². The van der Waals surface area contributed by atoms with Gasteiger partial charge in [-0.25, -0.2) is 0 Å². The van der Waals surface area contributed by atoms with E-state index in [1.807, 2.05) is 13.8 Å². The number of nitrogens with two attached hydrogens (primary N) is 1. The minimum Gasteiger partial charge on any atom is -0.508 e. The van der Waals surface area contributed by atoms with E-state index in [0.29, 0.717) is 24.0 Å². The van der Waals surface area contributed by atoms with Crippen molar-refractivity contribution in [2.75, 3.05) is 0 Å². The Balaban J connectivity index is 3.08. The Morgan fingerprint density at radius 1 is 1.42 bits per heavy atom. The Morgan fingerprint density at radius 3 is 2.47 bits per heavy atom. The molecule has 0 saturated heterocycles. The molecule has 0 unspecified atom stereocenters. The van der Waals surface area contributed by atoms with Crippen LogP contribution in [-0.4, -0.2) is 21.5 Å². The Morgan fingerprint density at radius 2 is 2.00 bits per heavy atom. The second-order valence-electron chi connectivity index (χ2n) is 4.56. The minimum atomic E-state index is -0.676. The van der Waals surface area contributed by atoms with Crippen LogP contribution in [0.5, 0.6) is 5.75 Å². The molecule has 5 heteroatoms. The number of benzene rings is 1. The second kappa shape index (κ2) is 6.02. The number of amides is 1. The highest BCUT2D eigenvalue weighted by molar-refractivity contribution is 7.80. The highest BCUT2D eigenvalue weighted by Gasteiger charge is 2.32. The molecule has 19 heavy (non-hydrogen) atoms. The lowest BCUT2D eigenvalue weighted by molar-refractivity contribution is 0.0918. The van der Waals surface area contributed by atoms with Crippen molar-refractivity contribution in [3.8, 4) is 5.75 Å². The van der Waals surface area contributed by atoms with E-state index in [4.69, 9.17) is 18.0 Å². The summed E-state index contributed by atoms with van der Waals surface area (Å²) in [5.41, 5.74) is 6.06. The highest BCUT2D eigenvalue weighted by atomic mass is 32.1. The lowest BCUT2D eigenvalue weighted by Crippen LogP contribution is -2.56. The first kappa shape index (κ1) is 15.4. The van der Waals surface area contributed by atoms with Gasteiger partial charge in [-0.1, -0.05) is 32.1 Å². The topological polar surface area (TPSA) is 75.3 Å². The van der Waals surface area contributed by atoms with Gasteiger partial charge in [-0.15, -0.1) is 0 Å². The van der Waals surface area contributed by atoms with Gasteiger partial charge in [-0.3, -0.25) is 4.79 Å². The molecule has 0 spiro atoms. The maximum Gasteiger partial charge on any atom is 0.252 e. The smallest absolute Gasteiger partial charge is 0.252 e. The summed E-state index contributed by atoms with van der Waals surface area (Å²) in [4.78, 5) is 12.6. The standard InChI is InChI=1S/C14H20N2O2S/c1-4-14(5-2,13(15)19)16-12(18)10-7-6-8-11(17)9(10)3/h6-8,17H,4-5H2,1-3H3,(H2,15,19)(H,16,18). The molecule has 0 aliphatic heterocycles. The van der Waals surface area contributed by atoms with Gasteiger partial charge >= 0.3 is 0 Å². The van der Waals surface area contributed by atoms with Gasteiger partial charge < -0.3 is 16.2 Å². The largest absolute Gasteiger partial charge is 0.508 e. The molecule has 0 aliphatic carbocycles. The Bertz CT molecular complexity index is 496. The number of hydrogen-bond donors (Lipinski definition) is 3. The van der Waals surface area contributed by atoms with E-state index in [9.17, 15) is 9.90 Å². The molecule has 0 bridgehead atoms. The fourth-order valence-electron chi connectivity index (χ4n) is 1.99. The normalized spacial score (nSPS) is 11.1. The highest BCUT2D eigenvalue weighted by Crippen LogP contribution is 2.22. The number of thiocarbonyl (C=S) groups is 1. The van der Waals surface area contributed by atoms with E-state index in [-0.39, 0.29) is 16.6 Å². The van der Waals surface area contributed by atoms with E-state index in [0.717, 1.165) is 0 Å². The molecule has 0 aliphatic rings. The van der Waals surface area contributed by atoms with Crippen molar-refractivity contribution in [2.24, 2.45) is 5.73 Å². The average Bonchev–Trinajstić information content (AvgIpc) is 2.38. The first-order chi connectivity index (χ1) is 8.88. The molecule has 1 rings (SSSR count). The molecule has 0 fully saturated rings. The lowest BCUT2D eigenvalue weighted by atomic mass is 9.92. The third-order valence-corrected chi connectivity index (χ3v) is 3.97. The molecule has 0 atom stereocenters. The molecule has 1 aromatic rings. The zero-order valence-corrected chi connectivity index (χ0v) is 12.3. The van der Waals surface area contributed by atoms with E-state index in [2.05, 4.69) is 5.32 Å². The van der Waals surface area contributed by atoms with Gasteiger partial charge in [0.15, 0.2) is 0 Å². The lowest BCUT2D eigenvalue weighted by Gasteiger charge is -2.32. The molecule has 4 nitrogen and oxygen atoms in total. The van der Waals surface area contributed by atoms with E-state index in [1.165, 1.54) is 0 Å². The molecule has 0 heterocycles. The number of nitrogens with one attached hydrogen (secondary N) is 1. The van der Waals surface area contributed by atoms with Crippen molar-refractivity contribution in [2.45, 2.75) is 39.2 Å². The maximum absolute atomic E-state index is 12.3. The quantitative estimate of drug-likeness (QED) is 0.723. The fraction of sp³-hybridized carbons (Fsp3) is 0.429. The van der Waals surface area contributed by atoms with Gasteiger partial charge in [0, 0.05) is 11.1 Å². The molecular weight excluding hydrogens is 260 g/mol. The van der Waals surface area contributed by atoms with Crippen molar-refractivity contribution >= 4 is 23.1 Å². The molecule has 104 valence electrons. The summed E-state index contributed by atoms with van der Waals surface area (Å²) in [6.45, 7) is 5.56. The molecule has 0 saturated carbocycles. The zero-order chi connectivity index (χ0) is 14.6. The Kier molecular flexibility index (Phi) is 4.89. The van der Waals surface area contributed by atoms with Gasteiger partial charge in [0.25, 0.3) is 5.91 Å². The van der Waals surface area contributed by atoms with Gasteiger partial charge in [0.1, 0.15) is 5.75 Å². The Labute approximate surface area is 119 Å². The number of carbonyl (C=O) groups is 1. The summed E-state index contributed by atoms with van der Waals surface area (Å²) in [6.07, 6.45) is 1.25. The van der Waals surface area contributed by atoms with Crippen LogP contribution in [0.25, 0.3) is 0 Å². The number of hydrogen-bond acceptors (Lipinski definition) is 3. The average molecular weight is 280 g/mol. The Hall–Kier alpha value is -1.62. The molecule has 4 N–H and O–H groups in total. The predicted octanol–water partition coefficient (Wildman–Crippen LogP) is 2.28. The summed E-state index contributed by atoms with van der Waals surface area (Å²) in [7, 11) is 0. The van der Waals surface area contributed by atoms with E-state index in [1.54, 1.807) is 25.1 Å². The van der Waals surface area contributed by atoms with Crippen molar-refractivity contribution in [1.29, 1.82) is 0 Å². The first-order valence-electron chi connectivity index (χ1n) is 6.29. The van der Waals surface area contributed by atoms with Gasteiger partial charge in [-0.2, -0.15) is 0 Å². The van der Waals surface area contributed by atoms with Crippen molar-refractivity contribution < 1.29 is 9.90 Å². The van der Waals surface area contributed by atoms with Crippen LogP contribution in [0.1, 0.15) is 42.6 Å². The predicted molar refractivity (Wildman–Crippen MR) is 80.4 cm³/mol. The van der Waals surface area contributed by atoms with Gasteiger partial charge in [0.05, 0.1) is 10.5 Å². The van der Waals surface area contributed by atoms with Crippen LogP contribution < -0.4 is 11.1 Å². The van der Waals surface area contributed by atoms with Crippen LogP contribution >= 0.6 is 12.2 Å². The van der Waals surface area contributed by atoms with Crippen molar-refractivity contribution in [3.05, 3.63) is 29.3 Å². The van der Waals surface area contributed by atoms with Crippen molar-refractivity contribution in [1.82, 2.24) is 5.32 Å². The molecule has 0 aromatic heterocycles. The first-order valence-corrected chi connectivity index (χ1v) is 6.69. The van der Waals surface area contributed by atoms with Crippen LogP contribution in [0.4, 0.5) is 0 Å². The van der Waals surface area contributed by atoms with Crippen LogP contribution in [0.2, 0.25) is 0 Å². The monoisotopic (exact) mass is 280 g/mol. The van der Waals surface area contributed by atoms with Gasteiger partial charge in [0.2, 0.25) is 0 Å². The number of phenols is 1. The minimum absolute atomic E-state index is 0.0987. The second-order valence-corrected chi connectivity index (χ2v) is 5.00. The summed E-state index contributed by atoms with van der Waals surface area (Å²) < 4.78 is 0. The van der Waals surface area contributed by atoms with Gasteiger partial charge in [-0.05, 0) is 31.9 Å². The summed E-state index contributed by atoms with van der Waals surface area (Å²) in [5.74, 6) is -0.175. The molecule has 1 aromatic carbocycles. The van der Waals surface area contributed by atoms with E-state index < -0.39 is 5.54 Å². The van der Waals surface area contributed by atoms with Crippen LogP contribution in [0, 0.1) is 6.92 Å². The number of aromatic hydroxyl groups is 1. The number of carbonyl (C=O) groups excluding carboxylic acids is 1. The third kappa shape index (κ3) is 3.04. The third-order valence-electron chi connectivity index (χ3n) is 3.58.